The number of carbonyl (C=O) groups is 1. The number of hydrogen-bond donors (Lipinski definition) is 3. The van der Waals surface area contributed by atoms with Gasteiger partial charge in [0, 0.05) is 36.1 Å². The molecule has 0 fully saturated rings. The highest BCUT2D eigenvalue weighted by Crippen LogP contribution is 2.27. The van der Waals surface area contributed by atoms with Crippen molar-refractivity contribution in [2.24, 2.45) is 0 Å². The first kappa shape index (κ1) is 21.0. The number of nitrogens with one attached hydrogen (secondary N) is 3. The van der Waals surface area contributed by atoms with Crippen molar-refractivity contribution in [2.45, 2.75) is 19.9 Å². The minimum Gasteiger partial charge on any atom is -0.373 e. The van der Waals surface area contributed by atoms with E-state index < -0.39 is 10.9 Å². The molecule has 0 saturated carbocycles. The molecule has 1 amide bonds. The van der Waals surface area contributed by atoms with Crippen molar-refractivity contribution < 1.29 is 4.79 Å². The third kappa shape index (κ3) is 4.41. The zero-order chi connectivity index (χ0) is 22.7. The molecule has 0 spiro atoms. The molecule has 3 aromatic carbocycles. The summed E-state index contributed by atoms with van der Waals surface area (Å²) in [5, 5.41) is 8.93. The first-order chi connectivity index (χ1) is 15.4. The lowest BCUT2D eigenvalue weighted by atomic mass is 10.1. The minimum absolute atomic E-state index is 0.129. The summed E-state index contributed by atoms with van der Waals surface area (Å²) < 4.78 is 0. The standard InChI is InChI=1S/C25H22N4O3/c1-15(17-6-4-3-5-7-17)27-22-23(25(32)24(22)31)29-20-12-13-26-21(14-20)18-8-10-19(11-9-18)28-16(2)30/h3-15,27H,1-2H3,(H,26,29)(H,28,30)/t15-/m1/s1. The van der Waals surface area contributed by atoms with E-state index in [0.29, 0.717) is 17.1 Å². The summed E-state index contributed by atoms with van der Waals surface area (Å²) in [6.07, 6.45) is 1.63. The van der Waals surface area contributed by atoms with Crippen LogP contribution in [0.1, 0.15) is 25.5 Å². The van der Waals surface area contributed by atoms with Gasteiger partial charge in [0.05, 0.1) is 5.69 Å². The average Bonchev–Trinajstić information content (AvgIpc) is 2.81. The van der Waals surface area contributed by atoms with E-state index in [2.05, 4.69) is 20.9 Å². The summed E-state index contributed by atoms with van der Waals surface area (Å²) in [5.41, 5.74) is 3.34. The number of aromatic nitrogens is 1. The summed E-state index contributed by atoms with van der Waals surface area (Å²) in [6, 6.07) is 20.4. The van der Waals surface area contributed by atoms with Crippen LogP contribution in [-0.4, -0.2) is 10.9 Å². The second-order valence-electron chi connectivity index (χ2n) is 7.50. The topological polar surface area (TPSA) is 100 Å². The fourth-order valence-electron chi connectivity index (χ4n) is 3.43. The number of carbonyl (C=O) groups excluding carboxylic acids is 1. The first-order valence-corrected chi connectivity index (χ1v) is 10.2. The molecule has 7 nitrogen and oxygen atoms in total. The van der Waals surface area contributed by atoms with Gasteiger partial charge in [0.1, 0.15) is 11.4 Å². The summed E-state index contributed by atoms with van der Waals surface area (Å²) in [5.74, 6) is -0.138. The molecule has 7 heteroatoms. The molecule has 0 aliphatic heterocycles. The Labute approximate surface area is 184 Å². The quantitative estimate of drug-likeness (QED) is 0.383. The second-order valence-corrected chi connectivity index (χ2v) is 7.50. The molecule has 1 heterocycles. The van der Waals surface area contributed by atoms with Gasteiger partial charge in [0.2, 0.25) is 5.91 Å². The number of anilines is 4. The summed E-state index contributed by atoms with van der Waals surface area (Å²) in [6.45, 7) is 3.39. The largest absolute Gasteiger partial charge is 0.373 e. The van der Waals surface area contributed by atoms with Crippen LogP contribution in [0.4, 0.5) is 22.7 Å². The van der Waals surface area contributed by atoms with Crippen molar-refractivity contribution in [3.63, 3.8) is 0 Å². The van der Waals surface area contributed by atoms with Gasteiger partial charge in [-0.1, -0.05) is 42.5 Å². The highest BCUT2D eigenvalue weighted by Gasteiger charge is 2.23. The van der Waals surface area contributed by atoms with E-state index in [4.69, 9.17) is 0 Å². The van der Waals surface area contributed by atoms with Gasteiger partial charge in [0.25, 0.3) is 10.9 Å². The SMILES string of the molecule is CC(=O)Nc1ccc(-c2cc(Nc3c(N[C@H](C)c4ccccc4)c(=O)c3=O)ccn2)cc1. The molecule has 0 aliphatic carbocycles. The Bertz CT molecular complexity index is 1320. The van der Waals surface area contributed by atoms with Crippen molar-refractivity contribution in [3.05, 3.63) is 98.9 Å². The van der Waals surface area contributed by atoms with E-state index in [1.807, 2.05) is 49.4 Å². The molecule has 160 valence electrons. The van der Waals surface area contributed by atoms with Gasteiger partial charge in [-0.05, 0) is 36.8 Å². The Kier molecular flexibility index (Phi) is 5.81. The molecule has 0 unspecified atom stereocenters. The van der Waals surface area contributed by atoms with Crippen LogP contribution in [0.25, 0.3) is 11.3 Å². The Hall–Kier alpha value is -4.26. The molecule has 32 heavy (non-hydrogen) atoms. The van der Waals surface area contributed by atoms with Gasteiger partial charge < -0.3 is 16.0 Å². The van der Waals surface area contributed by atoms with Crippen molar-refractivity contribution in [3.8, 4) is 11.3 Å². The predicted molar refractivity (Wildman–Crippen MR) is 127 cm³/mol. The zero-order valence-corrected chi connectivity index (χ0v) is 17.7. The van der Waals surface area contributed by atoms with Gasteiger partial charge in [-0.25, -0.2) is 0 Å². The number of amides is 1. The Morgan fingerprint density at radius 1 is 0.875 bits per heavy atom. The normalized spacial score (nSPS) is 11.7. The smallest absolute Gasteiger partial charge is 0.253 e. The van der Waals surface area contributed by atoms with E-state index in [1.54, 1.807) is 30.5 Å². The van der Waals surface area contributed by atoms with Crippen LogP contribution in [0.15, 0.2) is 82.5 Å². The molecule has 1 aromatic heterocycles. The van der Waals surface area contributed by atoms with Crippen LogP contribution in [0.3, 0.4) is 0 Å². The van der Waals surface area contributed by atoms with Crippen LogP contribution >= 0.6 is 0 Å². The van der Waals surface area contributed by atoms with Crippen LogP contribution < -0.4 is 26.8 Å². The monoisotopic (exact) mass is 426 g/mol. The number of benzene rings is 2. The third-order valence-electron chi connectivity index (χ3n) is 5.10. The van der Waals surface area contributed by atoms with E-state index in [1.165, 1.54) is 6.92 Å². The number of rotatable bonds is 7. The Morgan fingerprint density at radius 3 is 2.25 bits per heavy atom. The average molecular weight is 426 g/mol. The van der Waals surface area contributed by atoms with Gasteiger partial charge in [-0.3, -0.25) is 19.4 Å². The molecule has 1 atom stereocenters. The zero-order valence-electron chi connectivity index (χ0n) is 17.7. The van der Waals surface area contributed by atoms with Crippen molar-refractivity contribution >= 4 is 28.7 Å². The van der Waals surface area contributed by atoms with Gasteiger partial charge >= 0.3 is 0 Å². The third-order valence-corrected chi connectivity index (χ3v) is 5.10. The van der Waals surface area contributed by atoms with Crippen LogP contribution in [0.2, 0.25) is 0 Å². The summed E-state index contributed by atoms with van der Waals surface area (Å²) in [7, 11) is 0. The van der Waals surface area contributed by atoms with E-state index in [-0.39, 0.29) is 23.3 Å². The summed E-state index contributed by atoms with van der Waals surface area (Å²) >= 11 is 0. The van der Waals surface area contributed by atoms with E-state index >= 15 is 0 Å². The molecule has 0 saturated heterocycles. The maximum atomic E-state index is 12.2. The first-order valence-electron chi connectivity index (χ1n) is 10.2. The van der Waals surface area contributed by atoms with Crippen LogP contribution in [-0.2, 0) is 4.79 Å². The van der Waals surface area contributed by atoms with Crippen molar-refractivity contribution in [1.82, 2.24) is 4.98 Å². The maximum Gasteiger partial charge on any atom is 0.253 e. The highest BCUT2D eigenvalue weighted by atomic mass is 16.2. The fourth-order valence-corrected chi connectivity index (χ4v) is 3.43. The molecule has 4 aromatic rings. The Morgan fingerprint density at radius 2 is 1.56 bits per heavy atom. The lowest BCUT2D eigenvalue weighted by Gasteiger charge is -2.20. The number of nitrogens with zero attached hydrogens (tertiary/aromatic N) is 1. The van der Waals surface area contributed by atoms with Crippen molar-refractivity contribution in [2.75, 3.05) is 16.0 Å². The molecular weight excluding hydrogens is 404 g/mol. The maximum absolute atomic E-state index is 12.2. The molecule has 0 bridgehead atoms. The van der Waals surface area contributed by atoms with E-state index in [9.17, 15) is 14.4 Å². The highest BCUT2D eigenvalue weighted by molar-refractivity contribution is 5.89. The van der Waals surface area contributed by atoms with Crippen LogP contribution in [0, 0.1) is 0 Å². The molecule has 4 rings (SSSR count). The van der Waals surface area contributed by atoms with Crippen LogP contribution in [0.5, 0.6) is 0 Å². The van der Waals surface area contributed by atoms with Gasteiger partial charge in [0.15, 0.2) is 0 Å². The van der Waals surface area contributed by atoms with Gasteiger partial charge in [-0.2, -0.15) is 0 Å². The van der Waals surface area contributed by atoms with Gasteiger partial charge in [-0.15, -0.1) is 0 Å². The fraction of sp³-hybridized carbons (Fsp3) is 0.120. The number of pyridine rings is 1. The number of hydrogen-bond acceptors (Lipinski definition) is 6. The molecule has 0 radical (unpaired) electrons. The summed E-state index contributed by atoms with van der Waals surface area (Å²) in [4.78, 5) is 40.0. The lowest BCUT2D eigenvalue weighted by molar-refractivity contribution is -0.114. The molecular formula is C25H22N4O3. The molecule has 0 aliphatic rings. The van der Waals surface area contributed by atoms with E-state index in [0.717, 1.165) is 11.1 Å². The van der Waals surface area contributed by atoms with Crippen molar-refractivity contribution in [1.29, 1.82) is 0 Å². The Balaban J connectivity index is 1.53. The minimum atomic E-state index is -0.550. The predicted octanol–water partition coefficient (Wildman–Crippen LogP) is 4.22. The lowest BCUT2D eigenvalue weighted by Crippen LogP contribution is -2.37. The second kappa shape index (κ2) is 8.85. The molecule has 3 N–H and O–H groups in total.